The predicted molar refractivity (Wildman–Crippen MR) is 151 cm³/mol. The first-order chi connectivity index (χ1) is 21.2. The fourth-order valence-electron chi connectivity index (χ4n) is 4.76. The number of pyridine rings is 1. The number of halogens is 6. The standard InChI is InChI=1S/C28H18F6N8O2S/c1-11-15(9-36-41(11)2)14-7-19(28(32,33)34)39-27-20(14)21(22(45-27)24(35)43)40-26(44)16-10-37-42-18(23(30)31)8-17(38-25(16)42)12-3-5-13(29)6-4-12/h3-10,23H,1-2H3,(H2,35,43)(H,40,44). The summed E-state index contributed by atoms with van der Waals surface area (Å²) in [6.07, 6.45) is -5.60. The number of amides is 2. The lowest BCUT2D eigenvalue weighted by molar-refractivity contribution is -0.140. The van der Waals surface area contributed by atoms with Crippen LogP contribution < -0.4 is 11.1 Å². The van der Waals surface area contributed by atoms with Crippen molar-refractivity contribution in [3.8, 4) is 22.4 Å². The van der Waals surface area contributed by atoms with Gasteiger partial charge in [0.15, 0.2) is 5.65 Å². The minimum atomic E-state index is -4.85. The highest BCUT2D eigenvalue weighted by molar-refractivity contribution is 7.21. The van der Waals surface area contributed by atoms with E-state index in [4.69, 9.17) is 5.73 Å². The van der Waals surface area contributed by atoms with E-state index in [1.807, 2.05) is 0 Å². The third-order valence-corrected chi connectivity index (χ3v) is 8.15. The van der Waals surface area contributed by atoms with Crippen molar-refractivity contribution in [3.05, 3.63) is 82.1 Å². The zero-order chi connectivity index (χ0) is 32.4. The summed E-state index contributed by atoms with van der Waals surface area (Å²) in [5.74, 6) is -2.61. The fourth-order valence-corrected chi connectivity index (χ4v) is 5.77. The van der Waals surface area contributed by atoms with Gasteiger partial charge in [-0.1, -0.05) is 0 Å². The Hall–Kier alpha value is -5.32. The molecular formula is C28H18F6N8O2S. The average molecular weight is 645 g/mol. The molecule has 230 valence electrons. The fraction of sp³-hybridized carbons (Fsp3) is 0.143. The summed E-state index contributed by atoms with van der Waals surface area (Å²) < 4.78 is 85.4. The molecule has 2 amide bonds. The van der Waals surface area contributed by atoms with Gasteiger partial charge >= 0.3 is 6.18 Å². The molecule has 0 aliphatic heterocycles. The molecule has 3 N–H and O–H groups in total. The number of nitrogens with two attached hydrogens (primary N) is 1. The number of carbonyl (C=O) groups excluding carboxylic acids is 2. The van der Waals surface area contributed by atoms with Gasteiger partial charge in [-0.15, -0.1) is 11.3 Å². The molecule has 17 heteroatoms. The molecule has 45 heavy (non-hydrogen) atoms. The lowest BCUT2D eigenvalue weighted by Crippen LogP contribution is -2.17. The number of alkyl halides is 5. The molecule has 0 radical (unpaired) electrons. The summed E-state index contributed by atoms with van der Waals surface area (Å²) in [6, 6.07) is 6.69. The van der Waals surface area contributed by atoms with Crippen molar-refractivity contribution < 1.29 is 35.9 Å². The molecule has 0 spiro atoms. The number of thiophene rings is 1. The number of nitrogens with zero attached hydrogens (tertiary/aromatic N) is 6. The number of nitrogens with one attached hydrogen (secondary N) is 1. The first kappa shape index (κ1) is 29.7. The van der Waals surface area contributed by atoms with Crippen LogP contribution in [0.5, 0.6) is 0 Å². The van der Waals surface area contributed by atoms with E-state index in [0.29, 0.717) is 17.0 Å². The van der Waals surface area contributed by atoms with Gasteiger partial charge in [0.2, 0.25) is 0 Å². The first-order valence-electron chi connectivity index (χ1n) is 12.8. The number of anilines is 1. The maximum atomic E-state index is 14.1. The van der Waals surface area contributed by atoms with Gasteiger partial charge in [-0.3, -0.25) is 14.3 Å². The van der Waals surface area contributed by atoms with Crippen LogP contribution in [-0.2, 0) is 13.2 Å². The van der Waals surface area contributed by atoms with E-state index in [1.54, 1.807) is 14.0 Å². The number of hydrogen-bond acceptors (Lipinski definition) is 7. The monoisotopic (exact) mass is 644 g/mol. The maximum absolute atomic E-state index is 14.1. The Bertz CT molecular complexity index is 2150. The van der Waals surface area contributed by atoms with E-state index < -0.39 is 41.6 Å². The van der Waals surface area contributed by atoms with Gasteiger partial charge in [-0.05, 0) is 48.9 Å². The molecule has 0 bridgehead atoms. The molecule has 6 aromatic rings. The van der Waals surface area contributed by atoms with Gasteiger partial charge in [0, 0.05) is 29.3 Å². The van der Waals surface area contributed by atoms with E-state index in [2.05, 4.69) is 25.5 Å². The van der Waals surface area contributed by atoms with Gasteiger partial charge in [0.1, 0.15) is 32.5 Å². The van der Waals surface area contributed by atoms with Gasteiger partial charge in [0.25, 0.3) is 18.2 Å². The Morgan fingerprint density at radius 1 is 1.02 bits per heavy atom. The van der Waals surface area contributed by atoms with Crippen molar-refractivity contribution in [2.45, 2.75) is 19.5 Å². The van der Waals surface area contributed by atoms with Crippen LogP contribution in [-0.4, -0.2) is 41.2 Å². The van der Waals surface area contributed by atoms with Gasteiger partial charge < -0.3 is 11.1 Å². The Labute approximate surface area is 252 Å². The molecule has 10 nitrogen and oxygen atoms in total. The number of fused-ring (bicyclic) bond motifs is 2. The number of benzene rings is 1. The predicted octanol–water partition coefficient (Wildman–Crippen LogP) is 6.16. The minimum absolute atomic E-state index is 0.00984. The molecule has 0 fully saturated rings. The van der Waals surface area contributed by atoms with E-state index >= 15 is 0 Å². The molecule has 5 aromatic heterocycles. The number of aromatic nitrogens is 6. The summed E-state index contributed by atoms with van der Waals surface area (Å²) in [6.45, 7) is 1.62. The Morgan fingerprint density at radius 3 is 2.33 bits per heavy atom. The molecular weight excluding hydrogens is 626 g/mol. The Balaban J connectivity index is 1.54. The van der Waals surface area contributed by atoms with Crippen LogP contribution in [0.2, 0.25) is 0 Å². The largest absolute Gasteiger partial charge is 0.433 e. The Morgan fingerprint density at radius 2 is 1.73 bits per heavy atom. The van der Waals surface area contributed by atoms with Crippen LogP contribution in [0.25, 0.3) is 38.2 Å². The molecule has 0 saturated heterocycles. The second-order valence-corrected chi connectivity index (χ2v) is 10.8. The van der Waals surface area contributed by atoms with Crippen molar-refractivity contribution in [2.75, 3.05) is 5.32 Å². The van der Waals surface area contributed by atoms with Crippen LogP contribution in [0.15, 0.2) is 48.8 Å². The number of carbonyl (C=O) groups is 2. The quantitative estimate of drug-likeness (QED) is 0.209. The van der Waals surface area contributed by atoms with Gasteiger partial charge in [-0.25, -0.2) is 27.7 Å². The second-order valence-electron chi connectivity index (χ2n) is 9.79. The highest BCUT2D eigenvalue weighted by atomic mass is 32.1. The maximum Gasteiger partial charge on any atom is 0.433 e. The number of aryl methyl sites for hydroxylation is 1. The smallest absolute Gasteiger partial charge is 0.365 e. The second kappa shape index (κ2) is 10.7. The van der Waals surface area contributed by atoms with Crippen molar-refractivity contribution in [3.63, 3.8) is 0 Å². The van der Waals surface area contributed by atoms with Gasteiger partial charge in [-0.2, -0.15) is 23.4 Å². The number of rotatable bonds is 6. The molecule has 0 aliphatic carbocycles. The normalized spacial score (nSPS) is 12.0. The molecule has 5 heterocycles. The third kappa shape index (κ3) is 5.13. The van der Waals surface area contributed by atoms with Crippen LogP contribution in [0.1, 0.15) is 43.5 Å². The molecule has 1 aromatic carbocycles. The van der Waals surface area contributed by atoms with Crippen molar-refractivity contribution in [1.29, 1.82) is 0 Å². The van der Waals surface area contributed by atoms with Crippen molar-refractivity contribution >= 4 is 44.7 Å². The lowest BCUT2D eigenvalue weighted by atomic mass is 10.0. The average Bonchev–Trinajstić information content (AvgIpc) is 3.67. The first-order valence-corrected chi connectivity index (χ1v) is 13.6. The topological polar surface area (TPSA) is 133 Å². The zero-order valence-electron chi connectivity index (χ0n) is 22.9. The van der Waals surface area contributed by atoms with E-state index in [1.165, 1.54) is 23.0 Å². The molecule has 0 saturated carbocycles. The summed E-state index contributed by atoms with van der Waals surface area (Å²) in [7, 11) is 1.58. The molecule has 0 unspecified atom stereocenters. The van der Waals surface area contributed by atoms with Crippen molar-refractivity contribution in [2.24, 2.45) is 12.8 Å². The van der Waals surface area contributed by atoms with Crippen LogP contribution in [0.4, 0.5) is 32.0 Å². The minimum Gasteiger partial charge on any atom is -0.365 e. The van der Waals surface area contributed by atoms with Crippen LogP contribution in [0, 0.1) is 12.7 Å². The van der Waals surface area contributed by atoms with Crippen LogP contribution in [0.3, 0.4) is 0 Å². The van der Waals surface area contributed by atoms with Crippen molar-refractivity contribution in [1.82, 2.24) is 29.4 Å². The third-order valence-electron chi connectivity index (χ3n) is 7.05. The summed E-state index contributed by atoms with van der Waals surface area (Å²) in [4.78, 5) is 33.7. The highest BCUT2D eigenvalue weighted by Crippen LogP contribution is 2.44. The number of hydrogen-bond donors (Lipinski definition) is 2. The zero-order valence-corrected chi connectivity index (χ0v) is 23.8. The summed E-state index contributed by atoms with van der Waals surface area (Å²) in [5.41, 5.74) is 3.83. The van der Waals surface area contributed by atoms with Crippen LogP contribution >= 0.6 is 11.3 Å². The van der Waals surface area contributed by atoms with E-state index in [-0.39, 0.29) is 54.4 Å². The lowest BCUT2D eigenvalue weighted by Gasteiger charge is -2.12. The highest BCUT2D eigenvalue weighted by Gasteiger charge is 2.36. The summed E-state index contributed by atoms with van der Waals surface area (Å²) >= 11 is 0.540. The molecule has 6 rings (SSSR count). The summed E-state index contributed by atoms with van der Waals surface area (Å²) in [5, 5.41) is 10.5. The van der Waals surface area contributed by atoms with Gasteiger partial charge in [0.05, 0.1) is 23.8 Å². The van der Waals surface area contributed by atoms with E-state index in [9.17, 15) is 35.9 Å². The van der Waals surface area contributed by atoms with E-state index in [0.717, 1.165) is 35.0 Å². The Kier molecular flexibility index (Phi) is 7.06. The number of primary amides is 1. The molecule has 0 aliphatic rings. The molecule has 0 atom stereocenters. The SMILES string of the molecule is Cc1c(-c2cc(C(F)(F)F)nc3sc(C(N)=O)c(NC(=O)c4cnn5c(C(F)F)cc(-c6ccc(F)cc6)nc45)c23)cnn1C.